The number of likely N-dealkylation sites (N-methyl/N-ethyl adjacent to an activating group) is 1. The van der Waals surface area contributed by atoms with Gasteiger partial charge in [-0.3, -0.25) is 4.79 Å². The minimum absolute atomic E-state index is 0.0498. The number of nitrogens with two attached hydrogens (primary N) is 1. The van der Waals surface area contributed by atoms with Crippen molar-refractivity contribution in [1.82, 2.24) is 4.90 Å². The number of carbonyl (C=O) groups excluding carboxylic acids is 1. The van der Waals surface area contributed by atoms with Gasteiger partial charge in [0.25, 0.3) is 5.91 Å². The molecule has 0 saturated carbocycles. The molecule has 1 amide bonds. The van der Waals surface area contributed by atoms with Crippen LogP contribution in [0.25, 0.3) is 10.1 Å². The zero-order chi connectivity index (χ0) is 15.0. The van der Waals surface area contributed by atoms with E-state index in [0.717, 1.165) is 16.5 Å². The van der Waals surface area contributed by atoms with E-state index in [0.29, 0.717) is 29.5 Å². The SMILES string of the molecule is COc1cccc2sc(C(=O)N(C)C3CCOC3)c(N)c12. The Morgan fingerprint density at radius 2 is 2.33 bits per heavy atom. The van der Waals surface area contributed by atoms with Crippen molar-refractivity contribution in [3.63, 3.8) is 0 Å². The van der Waals surface area contributed by atoms with Gasteiger partial charge in [-0.05, 0) is 18.6 Å². The van der Waals surface area contributed by atoms with Gasteiger partial charge in [-0.15, -0.1) is 11.3 Å². The first-order valence-corrected chi connectivity index (χ1v) is 7.65. The predicted molar refractivity (Wildman–Crippen MR) is 84.1 cm³/mol. The number of thiophene rings is 1. The normalized spacial score (nSPS) is 18.1. The lowest BCUT2D eigenvalue weighted by Crippen LogP contribution is -2.37. The van der Waals surface area contributed by atoms with Crippen molar-refractivity contribution in [2.45, 2.75) is 12.5 Å². The van der Waals surface area contributed by atoms with Crippen molar-refractivity contribution < 1.29 is 14.3 Å². The Balaban J connectivity index is 2.00. The molecule has 21 heavy (non-hydrogen) atoms. The molecule has 1 aromatic heterocycles. The van der Waals surface area contributed by atoms with Crippen molar-refractivity contribution in [1.29, 1.82) is 0 Å². The standard InChI is InChI=1S/C15H18N2O3S/c1-17(9-6-7-20-8-9)15(18)14-13(16)12-10(19-2)4-3-5-11(12)21-14/h3-5,9H,6-8,16H2,1-2H3. The molecule has 0 radical (unpaired) electrons. The molecule has 1 fully saturated rings. The topological polar surface area (TPSA) is 64.8 Å². The number of amides is 1. The Morgan fingerprint density at radius 1 is 1.52 bits per heavy atom. The zero-order valence-electron chi connectivity index (χ0n) is 12.1. The lowest BCUT2D eigenvalue weighted by Gasteiger charge is -2.22. The number of hydrogen-bond acceptors (Lipinski definition) is 5. The largest absolute Gasteiger partial charge is 0.496 e. The van der Waals surface area contributed by atoms with Gasteiger partial charge >= 0.3 is 0 Å². The van der Waals surface area contributed by atoms with Crippen LogP contribution in [0.2, 0.25) is 0 Å². The highest BCUT2D eigenvalue weighted by Crippen LogP contribution is 2.40. The Morgan fingerprint density at radius 3 is 3.00 bits per heavy atom. The second kappa shape index (κ2) is 5.54. The minimum Gasteiger partial charge on any atom is -0.496 e. The van der Waals surface area contributed by atoms with E-state index in [1.165, 1.54) is 11.3 Å². The number of fused-ring (bicyclic) bond motifs is 1. The molecule has 0 bridgehead atoms. The minimum atomic E-state index is -0.0498. The van der Waals surface area contributed by atoms with E-state index >= 15 is 0 Å². The smallest absolute Gasteiger partial charge is 0.266 e. The molecular formula is C15H18N2O3S. The summed E-state index contributed by atoms with van der Waals surface area (Å²) in [7, 11) is 3.41. The van der Waals surface area contributed by atoms with Gasteiger partial charge in [-0.1, -0.05) is 6.07 Å². The Labute approximate surface area is 127 Å². The maximum Gasteiger partial charge on any atom is 0.266 e. The number of carbonyl (C=O) groups is 1. The number of methoxy groups -OCH3 is 1. The number of rotatable bonds is 3. The highest BCUT2D eigenvalue weighted by atomic mass is 32.1. The molecule has 2 N–H and O–H groups in total. The van der Waals surface area contributed by atoms with Gasteiger partial charge in [0.15, 0.2) is 0 Å². The second-order valence-corrected chi connectivity index (χ2v) is 6.16. The van der Waals surface area contributed by atoms with E-state index in [-0.39, 0.29) is 11.9 Å². The fourth-order valence-corrected chi connectivity index (χ4v) is 3.74. The summed E-state index contributed by atoms with van der Waals surface area (Å²) in [5.41, 5.74) is 6.71. The van der Waals surface area contributed by atoms with Gasteiger partial charge in [0.05, 0.1) is 30.8 Å². The van der Waals surface area contributed by atoms with Crippen LogP contribution in [0.15, 0.2) is 18.2 Å². The van der Waals surface area contributed by atoms with Crippen molar-refractivity contribution >= 4 is 33.0 Å². The molecule has 1 aromatic carbocycles. The van der Waals surface area contributed by atoms with Crippen LogP contribution in [0.3, 0.4) is 0 Å². The number of nitrogens with zero attached hydrogens (tertiary/aromatic N) is 1. The van der Waals surface area contributed by atoms with Gasteiger partial charge in [-0.25, -0.2) is 0 Å². The van der Waals surface area contributed by atoms with Crippen LogP contribution in [-0.2, 0) is 4.74 Å². The maximum absolute atomic E-state index is 12.7. The van der Waals surface area contributed by atoms with Gasteiger partial charge < -0.3 is 20.1 Å². The van der Waals surface area contributed by atoms with E-state index in [1.807, 2.05) is 25.2 Å². The monoisotopic (exact) mass is 306 g/mol. The van der Waals surface area contributed by atoms with Crippen LogP contribution in [0.5, 0.6) is 5.75 Å². The number of nitrogen functional groups attached to an aromatic ring is 1. The molecule has 1 aliphatic rings. The Hall–Kier alpha value is -1.79. The van der Waals surface area contributed by atoms with E-state index in [1.54, 1.807) is 12.0 Å². The summed E-state index contributed by atoms with van der Waals surface area (Å²) in [5, 5.41) is 0.824. The fraction of sp³-hybridized carbons (Fsp3) is 0.400. The van der Waals surface area contributed by atoms with Gasteiger partial charge in [0, 0.05) is 18.4 Å². The first-order chi connectivity index (χ1) is 10.1. The van der Waals surface area contributed by atoms with Crippen molar-refractivity contribution in [3.8, 4) is 5.75 Å². The number of anilines is 1. The molecule has 6 heteroatoms. The quantitative estimate of drug-likeness (QED) is 0.945. The molecule has 1 atom stereocenters. The third-order valence-corrected chi connectivity index (χ3v) is 5.06. The summed E-state index contributed by atoms with van der Waals surface area (Å²) < 4.78 is 11.7. The Kier molecular flexibility index (Phi) is 3.73. The fourth-order valence-electron chi connectivity index (χ4n) is 2.62. The van der Waals surface area contributed by atoms with Crippen molar-refractivity contribution in [2.75, 3.05) is 33.1 Å². The van der Waals surface area contributed by atoms with Crippen molar-refractivity contribution in [3.05, 3.63) is 23.1 Å². The molecule has 1 aliphatic heterocycles. The highest BCUT2D eigenvalue weighted by molar-refractivity contribution is 7.21. The third-order valence-electron chi connectivity index (χ3n) is 3.90. The van der Waals surface area contributed by atoms with Crippen LogP contribution in [-0.4, -0.2) is 44.2 Å². The average Bonchev–Trinajstić information content (AvgIpc) is 3.14. The summed E-state index contributed by atoms with van der Waals surface area (Å²) in [6.45, 7) is 1.30. The first-order valence-electron chi connectivity index (χ1n) is 6.83. The van der Waals surface area contributed by atoms with E-state index in [2.05, 4.69) is 0 Å². The lowest BCUT2D eigenvalue weighted by molar-refractivity contribution is 0.0717. The summed E-state index contributed by atoms with van der Waals surface area (Å²) in [6, 6.07) is 5.84. The van der Waals surface area contributed by atoms with Crippen LogP contribution < -0.4 is 10.5 Å². The average molecular weight is 306 g/mol. The molecule has 3 rings (SSSR count). The van der Waals surface area contributed by atoms with Crippen LogP contribution in [0.4, 0.5) is 5.69 Å². The van der Waals surface area contributed by atoms with Gasteiger partial charge in [0.1, 0.15) is 10.6 Å². The lowest BCUT2D eigenvalue weighted by atomic mass is 10.2. The highest BCUT2D eigenvalue weighted by Gasteiger charge is 2.28. The van der Waals surface area contributed by atoms with Crippen LogP contribution in [0, 0.1) is 0 Å². The Bertz CT molecular complexity index is 677. The molecule has 5 nitrogen and oxygen atoms in total. The third kappa shape index (κ3) is 2.34. The van der Waals surface area contributed by atoms with E-state index in [4.69, 9.17) is 15.2 Å². The number of benzene rings is 1. The molecule has 112 valence electrons. The molecule has 2 aromatic rings. The summed E-state index contributed by atoms with van der Waals surface area (Å²) in [5.74, 6) is 0.651. The van der Waals surface area contributed by atoms with E-state index in [9.17, 15) is 4.79 Å². The molecule has 1 unspecified atom stereocenters. The second-order valence-electron chi connectivity index (χ2n) is 5.11. The molecule has 1 saturated heterocycles. The van der Waals surface area contributed by atoms with Gasteiger partial charge in [0.2, 0.25) is 0 Å². The van der Waals surface area contributed by atoms with Crippen molar-refractivity contribution in [2.24, 2.45) is 0 Å². The molecular weight excluding hydrogens is 288 g/mol. The first kappa shape index (κ1) is 14.2. The number of ether oxygens (including phenoxy) is 2. The predicted octanol–water partition coefficient (Wildman–Crippen LogP) is 2.35. The summed E-state index contributed by atoms with van der Waals surface area (Å²) in [4.78, 5) is 15.0. The zero-order valence-corrected chi connectivity index (χ0v) is 12.9. The van der Waals surface area contributed by atoms with Crippen LogP contribution >= 0.6 is 11.3 Å². The molecule has 0 aliphatic carbocycles. The van der Waals surface area contributed by atoms with Crippen LogP contribution in [0.1, 0.15) is 16.1 Å². The molecule has 2 heterocycles. The van der Waals surface area contributed by atoms with E-state index < -0.39 is 0 Å². The molecule has 0 spiro atoms. The number of hydrogen-bond donors (Lipinski definition) is 1. The summed E-state index contributed by atoms with van der Waals surface area (Å²) in [6.07, 6.45) is 0.871. The van der Waals surface area contributed by atoms with Gasteiger partial charge in [-0.2, -0.15) is 0 Å². The summed E-state index contributed by atoms with van der Waals surface area (Å²) >= 11 is 1.41. The maximum atomic E-state index is 12.7.